The Hall–Kier alpha value is -3.11. The molecule has 3 aliphatic heterocycles. The molecule has 4 heteroatoms. The highest BCUT2D eigenvalue weighted by atomic mass is 16.5. The summed E-state index contributed by atoms with van der Waals surface area (Å²) < 4.78 is 5.99. The molecule has 0 N–H and O–H groups in total. The van der Waals surface area contributed by atoms with E-state index >= 15 is 0 Å². The summed E-state index contributed by atoms with van der Waals surface area (Å²) in [7, 11) is 1.69. The van der Waals surface area contributed by atoms with E-state index < -0.39 is 0 Å². The second-order valence-corrected chi connectivity index (χ2v) is 9.23. The number of hydrogen-bond donors (Lipinski definition) is 0. The van der Waals surface area contributed by atoms with Crippen LogP contribution >= 0.6 is 0 Å². The number of rotatable bonds is 6. The van der Waals surface area contributed by atoms with E-state index in [4.69, 9.17) is 4.74 Å². The topological polar surface area (TPSA) is 45.2 Å². The molecule has 4 atom stereocenters. The summed E-state index contributed by atoms with van der Waals surface area (Å²) in [5.74, 6) is 2.08. The van der Waals surface area contributed by atoms with Gasteiger partial charge in [-0.2, -0.15) is 0 Å². The number of pyridine rings is 1. The van der Waals surface area contributed by atoms with Gasteiger partial charge in [0.05, 0.1) is 37.6 Å². The average molecular weight is 427 g/mol. The van der Waals surface area contributed by atoms with Crippen molar-refractivity contribution >= 4 is 17.0 Å². The van der Waals surface area contributed by atoms with Crippen LogP contribution in [0.5, 0.6) is 5.75 Å². The van der Waals surface area contributed by atoms with Crippen LogP contribution in [-0.2, 0) is 6.42 Å². The minimum absolute atomic E-state index is 0.224. The Morgan fingerprint density at radius 2 is 2.06 bits per heavy atom. The van der Waals surface area contributed by atoms with Gasteiger partial charge in [0.25, 0.3) is 0 Å². The molecule has 3 saturated heterocycles. The fourth-order valence-corrected chi connectivity index (χ4v) is 5.87. The molecule has 164 valence electrons. The first-order chi connectivity index (χ1) is 15.6. The summed E-state index contributed by atoms with van der Waals surface area (Å²) in [6.45, 7) is 5.86. The third kappa shape index (κ3) is 3.59. The molecule has 32 heavy (non-hydrogen) atoms. The number of piperidine rings is 3. The first-order valence-corrected chi connectivity index (χ1v) is 11.5. The van der Waals surface area contributed by atoms with Crippen LogP contribution < -0.4 is 9.84 Å². The molecule has 0 aliphatic carbocycles. The number of benzene rings is 2. The lowest BCUT2D eigenvalue weighted by Gasteiger charge is -2.59. The third-order valence-corrected chi connectivity index (χ3v) is 7.64. The lowest BCUT2D eigenvalue weighted by atomic mass is 9.72. The summed E-state index contributed by atoms with van der Waals surface area (Å²) in [5.41, 5.74) is 3.19. The van der Waals surface area contributed by atoms with Crippen LogP contribution in [0.4, 0.5) is 0 Å². The number of quaternary nitrogens is 1. The third-order valence-electron chi connectivity index (χ3n) is 7.64. The van der Waals surface area contributed by atoms with E-state index in [1.54, 1.807) is 7.11 Å². The smallest absolute Gasteiger partial charge is 0.119 e. The van der Waals surface area contributed by atoms with E-state index in [9.17, 15) is 5.11 Å². The molecular weight excluding hydrogens is 396 g/mol. The highest BCUT2D eigenvalue weighted by Gasteiger charge is 2.51. The highest BCUT2D eigenvalue weighted by Crippen LogP contribution is 2.46. The Balaban J connectivity index is 1.55. The maximum atomic E-state index is 13.8. The van der Waals surface area contributed by atoms with Crippen LogP contribution in [-0.4, -0.2) is 35.7 Å². The highest BCUT2D eigenvalue weighted by molar-refractivity contribution is 5.83. The summed E-state index contributed by atoms with van der Waals surface area (Å²) >= 11 is 0. The number of methoxy groups -OCH3 is 1. The minimum Gasteiger partial charge on any atom is -0.831 e. The average Bonchev–Trinajstić information content (AvgIpc) is 2.85. The largest absolute Gasteiger partial charge is 0.831 e. The maximum absolute atomic E-state index is 13.8. The van der Waals surface area contributed by atoms with Crippen LogP contribution in [0.3, 0.4) is 0 Å². The van der Waals surface area contributed by atoms with E-state index in [-0.39, 0.29) is 11.9 Å². The molecule has 2 aromatic carbocycles. The van der Waals surface area contributed by atoms with Crippen molar-refractivity contribution in [3.63, 3.8) is 0 Å². The Morgan fingerprint density at radius 1 is 1.22 bits per heavy atom. The number of ether oxygens (including phenoxy) is 1. The minimum atomic E-state index is 0.224. The van der Waals surface area contributed by atoms with Crippen LogP contribution in [0.1, 0.15) is 24.0 Å². The lowest BCUT2D eigenvalue weighted by Crippen LogP contribution is -2.68. The van der Waals surface area contributed by atoms with Crippen molar-refractivity contribution in [2.45, 2.75) is 25.3 Å². The Bertz CT molecular complexity index is 1160. The number of nitrogens with zero attached hydrogens (tertiary/aromatic N) is 2. The molecule has 0 radical (unpaired) electrons. The molecule has 6 rings (SSSR count). The second-order valence-electron chi connectivity index (χ2n) is 9.23. The number of aromatic nitrogens is 1. The van der Waals surface area contributed by atoms with Crippen molar-refractivity contribution in [3.8, 4) is 5.75 Å². The molecule has 3 aromatic rings. The van der Waals surface area contributed by atoms with Gasteiger partial charge in [0.15, 0.2) is 0 Å². The van der Waals surface area contributed by atoms with Crippen LogP contribution in [0, 0.1) is 11.8 Å². The van der Waals surface area contributed by atoms with E-state index in [1.807, 2.05) is 54.7 Å². The molecule has 1 aromatic heterocycles. The molecule has 2 bridgehead atoms. The van der Waals surface area contributed by atoms with Crippen molar-refractivity contribution in [1.29, 1.82) is 0 Å². The molecule has 0 amide bonds. The molecule has 3 fully saturated rings. The molecule has 3 unspecified atom stereocenters. The Labute approximate surface area is 190 Å². The fraction of sp³-hybridized carbons (Fsp3) is 0.321. The van der Waals surface area contributed by atoms with E-state index in [0.717, 1.165) is 54.6 Å². The van der Waals surface area contributed by atoms with Crippen LogP contribution in [0.15, 0.2) is 79.3 Å². The van der Waals surface area contributed by atoms with Gasteiger partial charge in [-0.25, -0.2) is 0 Å². The summed E-state index contributed by atoms with van der Waals surface area (Å²) in [6, 6.07) is 18.4. The van der Waals surface area contributed by atoms with Crippen molar-refractivity contribution in [2.75, 3.05) is 20.2 Å². The van der Waals surface area contributed by atoms with Gasteiger partial charge in [-0.3, -0.25) is 9.47 Å². The SMILES string of the molecule is C=CC1C[N+]2(/C([O-])=C/c3ccccc3)CCC1C[C@H]2Cc1ccnc2ccc(OC)cc12. The predicted octanol–water partition coefficient (Wildman–Crippen LogP) is 4.56. The first-order valence-electron chi connectivity index (χ1n) is 11.5. The lowest BCUT2D eigenvalue weighted by molar-refractivity contribution is -0.972. The summed E-state index contributed by atoms with van der Waals surface area (Å²) in [4.78, 5) is 4.54. The second kappa shape index (κ2) is 8.44. The normalized spacial score (nSPS) is 27.4. The zero-order chi connectivity index (χ0) is 22.1. The molecule has 0 saturated carbocycles. The number of fused-ring (bicyclic) bond motifs is 4. The van der Waals surface area contributed by atoms with Gasteiger partial charge in [-0.05, 0) is 47.4 Å². The molecule has 3 aliphatic rings. The van der Waals surface area contributed by atoms with Gasteiger partial charge >= 0.3 is 0 Å². The van der Waals surface area contributed by atoms with E-state index in [1.165, 1.54) is 5.56 Å². The van der Waals surface area contributed by atoms with E-state index in [0.29, 0.717) is 16.3 Å². The van der Waals surface area contributed by atoms with Gasteiger partial charge in [-0.15, -0.1) is 6.58 Å². The molecule has 4 nitrogen and oxygen atoms in total. The summed E-state index contributed by atoms with van der Waals surface area (Å²) in [6.07, 6.45) is 8.82. The number of hydrogen-bond acceptors (Lipinski definition) is 3. The van der Waals surface area contributed by atoms with Gasteiger partial charge < -0.3 is 9.84 Å². The van der Waals surface area contributed by atoms with Gasteiger partial charge in [0.1, 0.15) is 5.75 Å². The van der Waals surface area contributed by atoms with Gasteiger partial charge in [0, 0.05) is 36.8 Å². The van der Waals surface area contributed by atoms with Crippen LogP contribution in [0.2, 0.25) is 0 Å². The zero-order valence-corrected chi connectivity index (χ0v) is 18.6. The van der Waals surface area contributed by atoms with Crippen molar-refractivity contribution in [1.82, 2.24) is 4.98 Å². The Kier molecular flexibility index (Phi) is 5.48. The Morgan fingerprint density at radius 3 is 2.84 bits per heavy atom. The fourth-order valence-electron chi connectivity index (χ4n) is 5.87. The van der Waals surface area contributed by atoms with Crippen molar-refractivity contribution < 1.29 is 14.3 Å². The monoisotopic (exact) mass is 426 g/mol. The van der Waals surface area contributed by atoms with Gasteiger partial charge in [-0.1, -0.05) is 36.4 Å². The van der Waals surface area contributed by atoms with Crippen molar-refractivity contribution in [2.24, 2.45) is 11.8 Å². The maximum Gasteiger partial charge on any atom is 0.119 e. The van der Waals surface area contributed by atoms with Crippen LogP contribution in [0.25, 0.3) is 17.0 Å². The molecule has 4 heterocycles. The van der Waals surface area contributed by atoms with Gasteiger partial charge in [0.2, 0.25) is 0 Å². The molecule has 0 spiro atoms. The summed E-state index contributed by atoms with van der Waals surface area (Å²) in [5, 5.41) is 14.9. The zero-order valence-electron chi connectivity index (χ0n) is 18.6. The first kappa shape index (κ1) is 20.8. The van der Waals surface area contributed by atoms with E-state index in [2.05, 4.69) is 29.8 Å². The quantitative estimate of drug-likeness (QED) is 0.330. The molecular formula is C28H30N2O2. The van der Waals surface area contributed by atoms with Crippen molar-refractivity contribution in [3.05, 3.63) is 90.5 Å². The predicted molar refractivity (Wildman–Crippen MR) is 127 cm³/mol. The standard InChI is InChI=1S/C28H30N2O2/c1-3-21-19-30(28(31)15-20-7-5-4-6-8-20)14-12-22(21)16-24(30)17-23-11-13-29-27-10-9-25(32-2)18-26(23)27/h3-11,13,15,18,21-22,24H,1,12,14,16-17,19H2,2H3/b28-15-/t21?,22?,24-,30?/m0/s1.